The number of hydrogen-bond donors (Lipinski definition) is 0. The largest absolute Gasteiger partial charge is 0.465 e. The van der Waals surface area contributed by atoms with Gasteiger partial charge in [0.2, 0.25) is 0 Å². The summed E-state index contributed by atoms with van der Waals surface area (Å²) in [6.45, 7) is 3.03. The Morgan fingerprint density at radius 2 is 1.62 bits per heavy atom. The monoisotopic (exact) mass is 435 g/mol. The van der Waals surface area contributed by atoms with Crippen LogP contribution >= 0.6 is 34.8 Å². The topological polar surface area (TPSA) is 63.7 Å². The zero-order valence-electron chi connectivity index (χ0n) is 14.0. The van der Waals surface area contributed by atoms with Gasteiger partial charge in [-0.25, -0.2) is 8.42 Å². The van der Waals surface area contributed by atoms with Crippen LogP contribution in [-0.4, -0.2) is 27.5 Å². The van der Waals surface area contributed by atoms with Crippen LogP contribution in [-0.2, 0) is 19.6 Å². The lowest BCUT2D eigenvalue weighted by molar-refractivity contribution is -0.141. The second-order valence-electron chi connectivity index (χ2n) is 5.35. The lowest BCUT2D eigenvalue weighted by Gasteiger charge is -2.25. The maximum atomic E-state index is 13.1. The van der Waals surface area contributed by atoms with Crippen LogP contribution in [0.15, 0.2) is 41.3 Å². The van der Waals surface area contributed by atoms with Crippen molar-refractivity contribution in [2.75, 3.05) is 17.5 Å². The number of rotatable bonds is 6. The van der Waals surface area contributed by atoms with Crippen molar-refractivity contribution >= 4 is 56.5 Å². The number of anilines is 1. The Bertz CT molecular complexity index is 914. The molecule has 0 aromatic heterocycles. The molecule has 0 unspecified atom stereocenters. The van der Waals surface area contributed by atoms with Crippen molar-refractivity contribution in [3.05, 3.63) is 57.0 Å². The molecule has 140 valence electrons. The van der Waals surface area contributed by atoms with Crippen molar-refractivity contribution in [3.63, 3.8) is 0 Å². The number of esters is 1. The van der Waals surface area contributed by atoms with Gasteiger partial charge in [0, 0.05) is 0 Å². The SMILES string of the molecule is CCOC(=O)CN(c1cc(Cl)c(Cl)cc1Cl)S(=O)(=O)c1ccc(C)cc1. The van der Waals surface area contributed by atoms with E-state index in [0.29, 0.717) is 0 Å². The molecule has 2 aromatic rings. The summed E-state index contributed by atoms with van der Waals surface area (Å²) in [4.78, 5) is 12.0. The lowest BCUT2D eigenvalue weighted by Crippen LogP contribution is -2.36. The van der Waals surface area contributed by atoms with Gasteiger partial charge in [-0.1, -0.05) is 52.5 Å². The van der Waals surface area contributed by atoms with Gasteiger partial charge in [0.15, 0.2) is 0 Å². The van der Waals surface area contributed by atoms with E-state index in [1.165, 1.54) is 24.3 Å². The summed E-state index contributed by atoms with van der Waals surface area (Å²) in [5.74, 6) is -0.717. The number of ether oxygens (including phenoxy) is 1. The summed E-state index contributed by atoms with van der Waals surface area (Å²) in [6.07, 6.45) is 0. The first-order chi connectivity index (χ1) is 12.2. The molecule has 2 aromatic carbocycles. The number of aryl methyl sites for hydroxylation is 1. The second-order valence-corrected chi connectivity index (χ2v) is 8.43. The van der Waals surface area contributed by atoms with Gasteiger partial charge < -0.3 is 4.74 Å². The highest BCUT2D eigenvalue weighted by atomic mass is 35.5. The van der Waals surface area contributed by atoms with Crippen LogP contribution in [0.25, 0.3) is 0 Å². The number of hydrogen-bond acceptors (Lipinski definition) is 4. The van der Waals surface area contributed by atoms with E-state index in [0.717, 1.165) is 9.87 Å². The molecule has 0 spiro atoms. The summed E-state index contributed by atoms with van der Waals surface area (Å²) < 4.78 is 32.0. The molecular formula is C17H16Cl3NO4S. The van der Waals surface area contributed by atoms with Crippen LogP contribution in [0.5, 0.6) is 0 Å². The summed E-state index contributed by atoms with van der Waals surface area (Å²) in [5, 5.41) is 0.322. The third-order valence-corrected chi connectivity index (χ3v) is 6.24. The number of nitrogens with zero attached hydrogens (tertiary/aromatic N) is 1. The predicted octanol–water partition coefficient (Wildman–Crippen LogP) is 4.71. The van der Waals surface area contributed by atoms with Crippen LogP contribution in [0.1, 0.15) is 12.5 Å². The van der Waals surface area contributed by atoms with Gasteiger partial charge in [-0.15, -0.1) is 0 Å². The highest BCUT2D eigenvalue weighted by Crippen LogP contribution is 2.37. The highest BCUT2D eigenvalue weighted by Gasteiger charge is 2.29. The van der Waals surface area contributed by atoms with Gasteiger partial charge in [0.1, 0.15) is 6.54 Å². The van der Waals surface area contributed by atoms with Gasteiger partial charge in [0.25, 0.3) is 10.0 Å². The van der Waals surface area contributed by atoms with E-state index in [2.05, 4.69) is 0 Å². The van der Waals surface area contributed by atoms with Crippen LogP contribution in [0, 0.1) is 6.92 Å². The van der Waals surface area contributed by atoms with Crippen LogP contribution in [0.3, 0.4) is 0 Å². The minimum Gasteiger partial charge on any atom is -0.465 e. The van der Waals surface area contributed by atoms with Crippen LogP contribution in [0.2, 0.25) is 15.1 Å². The summed E-state index contributed by atoms with van der Waals surface area (Å²) in [5.41, 5.74) is 0.933. The summed E-state index contributed by atoms with van der Waals surface area (Å²) in [6, 6.07) is 8.85. The zero-order chi connectivity index (χ0) is 19.5. The first-order valence-electron chi connectivity index (χ1n) is 7.56. The molecule has 0 heterocycles. The lowest BCUT2D eigenvalue weighted by atomic mass is 10.2. The Hall–Kier alpha value is -1.47. The number of halogens is 3. The molecule has 0 amide bonds. The fourth-order valence-electron chi connectivity index (χ4n) is 2.16. The maximum Gasteiger partial charge on any atom is 0.326 e. The molecule has 0 atom stereocenters. The first kappa shape index (κ1) is 20.8. The maximum absolute atomic E-state index is 13.1. The third kappa shape index (κ3) is 4.62. The van der Waals surface area contributed by atoms with Crippen molar-refractivity contribution < 1.29 is 17.9 Å². The Morgan fingerprint density at radius 3 is 2.19 bits per heavy atom. The van der Waals surface area contributed by atoms with Gasteiger partial charge in [-0.05, 0) is 38.1 Å². The quantitative estimate of drug-likeness (QED) is 0.486. The highest BCUT2D eigenvalue weighted by molar-refractivity contribution is 7.92. The summed E-state index contributed by atoms with van der Waals surface area (Å²) >= 11 is 18.1. The molecule has 0 fully saturated rings. The van der Waals surface area contributed by atoms with Gasteiger partial charge in [-0.3, -0.25) is 9.10 Å². The minimum atomic E-state index is -4.09. The minimum absolute atomic E-state index is 0.00883. The molecule has 0 saturated heterocycles. The van der Waals surface area contributed by atoms with E-state index in [1.54, 1.807) is 19.1 Å². The van der Waals surface area contributed by atoms with E-state index in [-0.39, 0.29) is 32.3 Å². The molecule has 0 radical (unpaired) electrons. The average Bonchev–Trinajstić information content (AvgIpc) is 2.57. The molecule has 9 heteroatoms. The molecule has 0 aliphatic heterocycles. The summed E-state index contributed by atoms with van der Waals surface area (Å²) in [7, 11) is -4.09. The predicted molar refractivity (Wildman–Crippen MR) is 104 cm³/mol. The van der Waals surface area contributed by atoms with E-state index < -0.39 is 22.5 Å². The van der Waals surface area contributed by atoms with Crippen LogP contribution in [0.4, 0.5) is 5.69 Å². The molecule has 0 saturated carbocycles. The Balaban J connectivity index is 2.59. The Morgan fingerprint density at radius 1 is 1.04 bits per heavy atom. The molecule has 26 heavy (non-hydrogen) atoms. The zero-order valence-corrected chi connectivity index (χ0v) is 17.1. The molecule has 5 nitrogen and oxygen atoms in total. The number of benzene rings is 2. The van der Waals surface area contributed by atoms with E-state index >= 15 is 0 Å². The van der Waals surface area contributed by atoms with Gasteiger partial charge in [0.05, 0.1) is 32.3 Å². The van der Waals surface area contributed by atoms with Gasteiger partial charge >= 0.3 is 5.97 Å². The normalized spacial score (nSPS) is 11.3. The smallest absolute Gasteiger partial charge is 0.326 e. The van der Waals surface area contributed by atoms with Crippen molar-refractivity contribution in [2.45, 2.75) is 18.7 Å². The number of carbonyl (C=O) groups excluding carboxylic acids is 1. The second kappa shape index (κ2) is 8.48. The molecule has 2 rings (SSSR count). The molecular weight excluding hydrogens is 421 g/mol. The standard InChI is InChI=1S/C17H16Cl3NO4S/c1-3-25-17(22)10-21(16-9-14(19)13(18)8-15(16)20)26(23,24)12-6-4-11(2)5-7-12/h4-9H,3,10H2,1-2H3. The first-order valence-corrected chi connectivity index (χ1v) is 10.1. The van der Waals surface area contributed by atoms with Crippen molar-refractivity contribution in [2.24, 2.45) is 0 Å². The van der Waals surface area contributed by atoms with Crippen molar-refractivity contribution in [1.29, 1.82) is 0 Å². The van der Waals surface area contributed by atoms with Crippen molar-refractivity contribution in [3.8, 4) is 0 Å². The fourth-order valence-corrected chi connectivity index (χ4v) is 4.28. The molecule has 0 aliphatic rings. The van der Waals surface area contributed by atoms with Crippen molar-refractivity contribution in [1.82, 2.24) is 0 Å². The fraction of sp³-hybridized carbons (Fsp3) is 0.235. The molecule has 0 N–H and O–H groups in total. The number of carbonyl (C=O) groups is 1. The molecule has 0 aliphatic carbocycles. The third-order valence-electron chi connectivity index (χ3n) is 3.45. The van der Waals surface area contributed by atoms with E-state index in [4.69, 9.17) is 39.5 Å². The van der Waals surface area contributed by atoms with Gasteiger partial charge in [-0.2, -0.15) is 0 Å². The average molecular weight is 437 g/mol. The molecule has 0 bridgehead atoms. The Kier molecular flexibility index (Phi) is 6.80. The van der Waals surface area contributed by atoms with E-state index in [1.807, 2.05) is 6.92 Å². The Labute approximate surface area is 167 Å². The van der Waals surface area contributed by atoms with E-state index in [9.17, 15) is 13.2 Å². The number of sulfonamides is 1. The van der Waals surface area contributed by atoms with Crippen LogP contribution < -0.4 is 4.31 Å².